The molecule has 7 heteroatoms. The molecule has 0 spiro atoms. The Bertz CT molecular complexity index is 1380. The highest BCUT2D eigenvalue weighted by Gasteiger charge is 2.20. The minimum atomic E-state index is -0.380. The number of carbonyl (C=O) groups is 1. The summed E-state index contributed by atoms with van der Waals surface area (Å²) in [6.07, 6.45) is 0.0107. The fourth-order valence-electron chi connectivity index (χ4n) is 3.75. The molecule has 0 bridgehead atoms. The summed E-state index contributed by atoms with van der Waals surface area (Å²) < 4.78 is 12.5. The Morgan fingerprint density at radius 1 is 0.912 bits per heavy atom. The van der Waals surface area contributed by atoms with Crippen molar-refractivity contribution >= 4 is 16.7 Å². The van der Waals surface area contributed by atoms with E-state index in [1.54, 1.807) is 43.5 Å². The Morgan fingerprint density at radius 2 is 1.59 bits per heavy atom. The van der Waals surface area contributed by atoms with Crippen LogP contribution in [-0.2, 0) is 0 Å². The van der Waals surface area contributed by atoms with Crippen LogP contribution >= 0.6 is 0 Å². The molecule has 34 heavy (non-hydrogen) atoms. The number of para-hydroxylation sites is 1. The van der Waals surface area contributed by atoms with Crippen molar-refractivity contribution in [3.63, 3.8) is 0 Å². The van der Waals surface area contributed by atoms with Crippen molar-refractivity contribution in [1.29, 1.82) is 0 Å². The second-order valence-electron chi connectivity index (χ2n) is 8.22. The molecule has 3 aromatic carbocycles. The van der Waals surface area contributed by atoms with Crippen molar-refractivity contribution in [2.45, 2.75) is 32.9 Å². The number of carbonyl (C=O) groups excluding carboxylic acids is 1. The average Bonchev–Trinajstić information content (AvgIpc) is 2.84. The fraction of sp³-hybridized carbons (Fsp3) is 0.222. The van der Waals surface area contributed by atoms with Crippen LogP contribution in [0.5, 0.6) is 11.5 Å². The zero-order valence-electron chi connectivity index (χ0n) is 19.6. The molecule has 1 atom stereocenters. The normalized spacial score (nSPS) is 11.9. The first-order valence-electron chi connectivity index (χ1n) is 11.1. The quantitative estimate of drug-likeness (QED) is 0.436. The van der Waals surface area contributed by atoms with E-state index in [0.29, 0.717) is 28.0 Å². The minimum Gasteiger partial charge on any atom is -0.493 e. The Morgan fingerprint density at radius 3 is 2.26 bits per heavy atom. The van der Waals surface area contributed by atoms with Gasteiger partial charge in [-0.1, -0.05) is 42.5 Å². The maximum absolute atomic E-state index is 13.4. The van der Waals surface area contributed by atoms with Crippen molar-refractivity contribution in [3.05, 3.63) is 94.4 Å². The van der Waals surface area contributed by atoms with Gasteiger partial charge in [0.05, 0.1) is 30.3 Å². The Labute approximate surface area is 197 Å². The third kappa shape index (κ3) is 4.64. The molecule has 0 radical (unpaired) electrons. The lowest BCUT2D eigenvalue weighted by molar-refractivity contribution is 0.0935. The van der Waals surface area contributed by atoms with Gasteiger partial charge in [-0.15, -0.1) is 0 Å². The number of ether oxygens (including phenoxy) is 2. The summed E-state index contributed by atoms with van der Waals surface area (Å²) in [4.78, 5) is 26.4. The fourth-order valence-corrected chi connectivity index (χ4v) is 3.75. The molecule has 1 heterocycles. The zero-order chi connectivity index (χ0) is 24.2. The Kier molecular flexibility index (Phi) is 6.63. The molecule has 174 valence electrons. The SMILES string of the molecule is COc1cc(C(C)NC(=O)c2nn(-c3ccccc3)c(=O)c3ccccc23)ccc1OC(C)C. The molecular weight excluding hydrogens is 430 g/mol. The number of benzene rings is 3. The van der Waals surface area contributed by atoms with E-state index < -0.39 is 0 Å². The molecule has 0 fully saturated rings. The number of aromatic nitrogens is 2. The monoisotopic (exact) mass is 457 g/mol. The highest BCUT2D eigenvalue weighted by Crippen LogP contribution is 2.31. The smallest absolute Gasteiger partial charge is 0.279 e. The number of hydrogen-bond donors (Lipinski definition) is 1. The van der Waals surface area contributed by atoms with Gasteiger partial charge in [0, 0.05) is 5.39 Å². The van der Waals surface area contributed by atoms with E-state index in [4.69, 9.17) is 9.47 Å². The van der Waals surface area contributed by atoms with E-state index in [-0.39, 0.29) is 29.3 Å². The summed E-state index contributed by atoms with van der Waals surface area (Å²) in [6, 6.07) is 21.3. The molecular formula is C27H27N3O4. The first-order valence-corrected chi connectivity index (χ1v) is 11.1. The predicted octanol–water partition coefficient (Wildman–Crippen LogP) is 4.67. The van der Waals surface area contributed by atoms with Crippen LogP contribution in [0.25, 0.3) is 16.5 Å². The summed E-state index contributed by atoms with van der Waals surface area (Å²) in [5, 5.41) is 8.38. The molecule has 1 amide bonds. The third-order valence-electron chi connectivity index (χ3n) is 5.42. The molecule has 0 aliphatic carbocycles. The lowest BCUT2D eigenvalue weighted by Crippen LogP contribution is -2.31. The highest BCUT2D eigenvalue weighted by molar-refractivity contribution is 6.05. The van der Waals surface area contributed by atoms with Gasteiger partial charge in [-0.05, 0) is 56.7 Å². The number of rotatable bonds is 7. The molecule has 0 aliphatic rings. The van der Waals surface area contributed by atoms with E-state index in [2.05, 4.69) is 10.4 Å². The van der Waals surface area contributed by atoms with Crippen molar-refractivity contribution in [2.75, 3.05) is 7.11 Å². The standard InChI is InChI=1S/C27H27N3O4/c1-17(2)34-23-15-14-19(16-24(23)33-4)18(3)28-26(31)25-21-12-8-9-13-22(21)27(32)30(29-25)20-10-6-5-7-11-20/h5-18H,1-4H3,(H,28,31). The summed E-state index contributed by atoms with van der Waals surface area (Å²) in [6.45, 7) is 5.77. The van der Waals surface area contributed by atoms with Crippen molar-refractivity contribution in [2.24, 2.45) is 0 Å². The van der Waals surface area contributed by atoms with Crippen LogP contribution in [0, 0.1) is 0 Å². The second kappa shape index (κ2) is 9.79. The maximum atomic E-state index is 13.4. The van der Waals surface area contributed by atoms with Gasteiger partial charge in [0.25, 0.3) is 11.5 Å². The summed E-state index contributed by atoms with van der Waals surface area (Å²) in [5.74, 6) is 0.853. The van der Waals surface area contributed by atoms with Crippen LogP contribution in [0.15, 0.2) is 77.6 Å². The van der Waals surface area contributed by atoms with E-state index in [0.717, 1.165) is 5.56 Å². The molecule has 0 saturated heterocycles. The number of amides is 1. The van der Waals surface area contributed by atoms with Gasteiger partial charge in [-0.25, -0.2) is 0 Å². The number of hydrogen-bond acceptors (Lipinski definition) is 5. The number of fused-ring (bicyclic) bond motifs is 1. The van der Waals surface area contributed by atoms with Gasteiger partial charge in [0.1, 0.15) is 0 Å². The molecule has 4 aromatic rings. The van der Waals surface area contributed by atoms with E-state index in [1.165, 1.54) is 4.68 Å². The van der Waals surface area contributed by atoms with Crippen LogP contribution < -0.4 is 20.3 Å². The largest absolute Gasteiger partial charge is 0.493 e. The summed E-state index contributed by atoms with van der Waals surface area (Å²) in [5.41, 5.74) is 1.34. The maximum Gasteiger partial charge on any atom is 0.279 e. The van der Waals surface area contributed by atoms with Crippen LogP contribution in [0.2, 0.25) is 0 Å². The van der Waals surface area contributed by atoms with Gasteiger partial charge in [-0.3, -0.25) is 9.59 Å². The third-order valence-corrected chi connectivity index (χ3v) is 5.42. The van der Waals surface area contributed by atoms with Crippen molar-refractivity contribution in [1.82, 2.24) is 15.1 Å². The molecule has 1 aromatic heterocycles. The average molecular weight is 458 g/mol. The van der Waals surface area contributed by atoms with Gasteiger partial charge in [-0.2, -0.15) is 9.78 Å². The molecule has 4 rings (SSSR count). The topological polar surface area (TPSA) is 82.5 Å². The minimum absolute atomic E-state index is 0.0107. The number of nitrogens with zero attached hydrogens (tertiary/aromatic N) is 2. The van der Waals surface area contributed by atoms with Crippen LogP contribution in [0.3, 0.4) is 0 Å². The van der Waals surface area contributed by atoms with Crippen LogP contribution in [0.4, 0.5) is 0 Å². The van der Waals surface area contributed by atoms with E-state index in [9.17, 15) is 9.59 Å². The van der Waals surface area contributed by atoms with Crippen LogP contribution in [-0.4, -0.2) is 28.9 Å². The Hall–Kier alpha value is -4.13. The van der Waals surface area contributed by atoms with Gasteiger partial charge in [0.2, 0.25) is 0 Å². The molecule has 0 aliphatic heterocycles. The van der Waals surface area contributed by atoms with Gasteiger partial charge < -0.3 is 14.8 Å². The lowest BCUT2D eigenvalue weighted by Gasteiger charge is -2.19. The molecule has 7 nitrogen and oxygen atoms in total. The molecule has 1 N–H and O–H groups in total. The molecule has 1 unspecified atom stereocenters. The van der Waals surface area contributed by atoms with Crippen LogP contribution in [0.1, 0.15) is 42.9 Å². The van der Waals surface area contributed by atoms with Crippen molar-refractivity contribution in [3.8, 4) is 17.2 Å². The zero-order valence-corrected chi connectivity index (χ0v) is 19.6. The summed E-state index contributed by atoms with van der Waals surface area (Å²) >= 11 is 0. The van der Waals surface area contributed by atoms with E-state index >= 15 is 0 Å². The summed E-state index contributed by atoms with van der Waals surface area (Å²) in [7, 11) is 1.58. The number of methoxy groups -OCH3 is 1. The first-order chi connectivity index (χ1) is 16.4. The number of nitrogens with one attached hydrogen (secondary N) is 1. The van der Waals surface area contributed by atoms with E-state index in [1.807, 2.05) is 57.2 Å². The van der Waals surface area contributed by atoms with Crippen molar-refractivity contribution < 1.29 is 14.3 Å². The van der Waals surface area contributed by atoms with Gasteiger partial charge in [0.15, 0.2) is 17.2 Å². The highest BCUT2D eigenvalue weighted by atomic mass is 16.5. The first kappa shape index (κ1) is 23.0. The molecule has 0 saturated carbocycles. The Balaban J connectivity index is 1.70. The van der Waals surface area contributed by atoms with Gasteiger partial charge >= 0.3 is 0 Å². The lowest BCUT2D eigenvalue weighted by atomic mass is 10.1. The second-order valence-corrected chi connectivity index (χ2v) is 8.22. The predicted molar refractivity (Wildman–Crippen MR) is 132 cm³/mol.